The molecule has 2 unspecified atom stereocenters. The minimum absolute atomic E-state index is 0.118. The Bertz CT molecular complexity index is 996. The molecule has 1 aromatic heterocycles. The van der Waals surface area contributed by atoms with E-state index in [-0.39, 0.29) is 11.9 Å². The van der Waals surface area contributed by atoms with Gasteiger partial charge in [0, 0.05) is 29.6 Å². The number of carbonyl (C=O) groups excluding carboxylic acids is 1. The van der Waals surface area contributed by atoms with Gasteiger partial charge in [0.15, 0.2) is 6.10 Å². The van der Waals surface area contributed by atoms with Crippen LogP contribution >= 0.6 is 12.6 Å². The normalized spacial score (nSPS) is 12.6. The Morgan fingerprint density at radius 2 is 1.81 bits per heavy atom. The second-order valence-corrected chi connectivity index (χ2v) is 7.72. The highest BCUT2D eigenvalue weighted by atomic mass is 32.1. The first-order chi connectivity index (χ1) is 15.0. The van der Waals surface area contributed by atoms with Crippen molar-refractivity contribution in [3.05, 3.63) is 72.3 Å². The van der Waals surface area contributed by atoms with E-state index in [0.29, 0.717) is 23.9 Å². The van der Waals surface area contributed by atoms with Crippen molar-refractivity contribution in [2.45, 2.75) is 26.0 Å². The lowest BCUT2D eigenvalue weighted by molar-refractivity contribution is -0.122. The Hall–Kier alpha value is -3.03. The summed E-state index contributed by atoms with van der Waals surface area (Å²) in [4.78, 5) is 17.3. The van der Waals surface area contributed by atoms with Crippen LogP contribution in [0.3, 0.4) is 0 Å². The van der Waals surface area contributed by atoms with E-state index in [2.05, 4.69) is 28.2 Å². The van der Waals surface area contributed by atoms with E-state index >= 15 is 0 Å². The molecule has 0 fully saturated rings. The third kappa shape index (κ3) is 6.47. The van der Waals surface area contributed by atoms with Crippen LogP contribution in [0.25, 0.3) is 11.3 Å². The minimum Gasteiger partial charge on any atom is -0.463 e. The molecule has 2 aromatic carbocycles. The van der Waals surface area contributed by atoms with Gasteiger partial charge in [0.1, 0.15) is 0 Å². The molecule has 7 heteroatoms. The minimum atomic E-state index is -0.751. The molecule has 1 amide bonds. The van der Waals surface area contributed by atoms with Crippen LogP contribution < -0.4 is 21.1 Å². The Morgan fingerprint density at radius 1 is 1.10 bits per heavy atom. The van der Waals surface area contributed by atoms with Crippen molar-refractivity contribution in [1.82, 2.24) is 4.98 Å². The van der Waals surface area contributed by atoms with E-state index in [1.165, 1.54) is 0 Å². The first-order valence-corrected chi connectivity index (χ1v) is 10.8. The summed E-state index contributed by atoms with van der Waals surface area (Å²) < 4.78 is 5.99. The van der Waals surface area contributed by atoms with Crippen LogP contribution in [-0.2, 0) is 4.79 Å². The maximum absolute atomic E-state index is 12.7. The first kappa shape index (κ1) is 22.7. The number of nitrogens with zero attached hydrogens (tertiary/aromatic N) is 1. The summed E-state index contributed by atoms with van der Waals surface area (Å²) in [6.07, 6.45) is -0.751. The van der Waals surface area contributed by atoms with Gasteiger partial charge in [0.2, 0.25) is 5.88 Å². The lowest BCUT2D eigenvalue weighted by atomic mass is 10.1. The zero-order chi connectivity index (χ0) is 22.2. The molecule has 0 radical (unpaired) electrons. The van der Waals surface area contributed by atoms with Crippen molar-refractivity contribution in [1.29, 1.82) is 0 Å². The highest BCUT2D eigenvalue weighted by molar-refractivity contribution is 7.80. The van der Waals surface area contributed by atoms with Gasteiger partial charge in [0.05, 0.1) is 11.4 Å². The third-order valence-corrected chi connectivity index (χ3v) is 5.16. The van der Waals surface area contributed by atoms with Crippen molar-refractivity contribution in [2.75, 3.05) is 22.9 Å². The molecular formula is C24H28N4O2S. The van der Waals surface area contributed by atoms with Crippen LogP contribution in [0.2, 0.25) is 0 Å². The van der Waals surface area contributed by atoms with Crippen LogP contribution in [0, 0.1) is 6.92 Å². The quantitative estimate of drug-likeness (QED) is 0.379. The molecule has 3 aromatic rings. The van der Waals surface area contributed by atoms with Gasteiger partial charge in [-0.25, -0.2) is 4.98 Å². The van der Waals surface area contributed by atoms with Crippen LogP contribution in [0.4, 0.5) is 11.4 Å². The standard InChI is InChI=1S/C24H28N4O2S/c1-16-8-10-20(11-9-16)27-23(29)17(2)30-24-22(26-14-19(25)15-31)13-12-21(28-24)18-6-4-3-5-7-18/h3-13,17,19,26,31H,14-15,25H2,1-2H3,(H,27,29). The van der Waals surface area contributed by atoms with Crippen molar-refractivity contribution in [3.8, 4) is 17.1 Å². The predicted octanol–water partition coefficient (Wildman–Crippen LogP) is 4.13. The van der Waals surface area contributed by atoms with Crippen molar-refractivity contribution in [2.24, 2.45) is 5.73 Å². The molecule has 162 valence electrons. The number of nitrogens with one attached hydrogen (secondary N) is 2. The van der Waals surface area contributed by atoms with E-state index in [0.717, 1.165) is 22.5 Å². The topological polar surface area (TPSA) is 89.3 Å². The van der Waals surface area contributed by atoms with Gasteiger partial charge >= 0.3 is 0 Å². The summed E-state index contributed by atoms with van der Waals surface area (Å²) in [7, 11) is 0. The molecule has 2 atom stereocenters. The molecule has 4 N–H and O–H groups in total. The Kier molecular flexibility index (Phi) is 7.92. The van der Waals surface area contributed by atoms with Crippen molar-refractivity contribution >= 4 is 29.9 Å². The summed E-state index contributed by atoms with van der Waals surface area (Å²) in [6, 6.07) is 21.1. The average Bonchev–Trinajstić information content (AvgIpc) is 2.80. The molecule has 0 spiro atoms. The number of aromatic nitrogens is 1. The number of aryl methyl sites for hydroxylation is 1. The predicted molar refractivity (Wildman–Crippen MR) is 130 cm³/mol. The second-order valence-electron chi connectivity index (χ2n) is 7.35. The number of anilines is 2. The van der Waals surface area contributed by atoms with Crippen molar-refractivity contribution < 1.29 is 9.53 Å². The first-order valence-electron chi connectivity index (χ1n) is 10.2. The number of hydrogen-bond donors (Lipinski definition) is 4. The lowest BCUT2D eigenvalue weighted by Gasteiger charge is -2.19. The summed E-state index contributed by atoms with van der Waals surface area (Å²) in [5.41, 5.74) is 10.2. The zero-order valence-electron chi connectivity index (χ0n) is 17.7. The van der Waals surface area contributed by atoms with Gasteiger partial charge in [-0.15, -0.1) is 0 Å². The summed E-state index contributed by atoms with van der Waals surface area (Å²) in [5, 5.41) is 6.12. The lowest BCUT2D eigenvalue weighted by Crippen LogP contribution is -2.32. The van der Waals surface area contributed by atoms with Crippen LogP contribution in [0.1, 0.15) is 12.5 Å². The number of pyridine rings is 1. The highest BCUT2D eigenvalue weighted by Gasteiger charge is 2.19. The Labute approximate surface area is 188 Å². The maximum Gasteiger partial charge on any atom is 0.265 e. The Balaban J connectivity index is 1.79. The van der Waals surface area contributed by atoms with Gasteiger partial charge < -0.3 is 21.1 Å². The summed E-state index contributed by atoms with van der Waals surface area (Å²) in [5.74, 6) is 0.640. The number of ether oxygens (including phenoxy) is 1. The Morgan fingerprint density at radius 3 is 2.48 bits per heavy atom. The zero-order valence-corrected chi connectivity index (χ0v) is 18.6. The third-order valence-electron chi connectivity index (χ3n) is 4.70. The number of thiol groups is 1. The number of carbonyl (C=O) groups is 1. The number of nitrogens with two attached hydrogens (primary N) is 1. The van der Waals surface area contributed by atoms with Gasteiger partial charge in [-0.1, -0.05) is 48.0 Å². The smallest absolute Gasteiger partial charge is 0.265 e. The number of hydrogen-bond acceptors (Lipinski definition) is 6. The summed E-state index contributed by atoms with van der Waals surface area (Å²) in [6.45, 7) is 4.21. The SMILES string of the molecule is Cc1ccc(NC(=O)C(C)Oc2nc(-c3ccccc3)ccc2NCC(N)CS)cc1. The van der Waals surface area contributed by atoms with Crippen LogP contribution in [0.15, 0.2) is 66.7 Å². The molecule has 0 aliphatic heterocycles. The van der Waals surface area contributed by atoms with Crippen LogP contribution in [0.5, 0.6) is 5.88 Å². The van der Waals surface area contributed by atoms with E-state index in [4.69, 9.17) is 10.5 Å². The largest absolute Gasteiger partial charge is 0.463 e. The monoisotopic (exact) mass is 436 g/mol. The average molecular weight is 437 g/mol. The van der Waals surface area contributed by atoms with Gasteiger partial charge in [-0.05, 0) is 38.1 Å². The molecule has 31 heavy (non-hydrogen) atoms. The second kappa shape index (κ2) is 10.8. The van der Waals surface area contributed by atoms with E-state index in [9.17, 15) is 4.79 Å². The van der Waals surface area contributed by atoms with E-state index in [1.54, 1.807) is 6.92 Å². The fraction of sp³-hybridized carbons (Fsp3) is 0.250. The van der Waals surface area contributed by atoms with Crippen molar-refractivity contribution in [3.63, 3.8) is 0 Å². The molecule has 0 aliphatic rings. The van der Waals surface area contributed by atoms with Gasteiger partial charge in [-0.2, -0.15) is 12.6 Å². The number of benzene rings is 2. The van der Waals surface area contributed by atoms with Gasteiger partial charge in [0.25, 0.3) is 5.91 Å². The fourth-order valence-corrected chi connectivity index (χ4v) is 2.97. The molecule has 0 saturated heterocycles. The van der Waals surface area contributed by atoms with Crippen LogP contribution in [-0.4, -0.2) is 35.3 Å². The highest BCUT2D eigenvalue weighted by Crippen LogP contribution is 2.28. The number of rotatable bonds is 9. The molecule has 6 nitrogen and oxygen atoms in total. The molecule has 0 aliphatic carbocycles. The van der Waals surface area contributed by atoms with E-state index < -0.39 is 6.10 Å². The van der Waals surface area contributed by atoms with Gasteiger partial charge in [-0.3, -0.25) is 4.79 Å². The molecule has 0 saturated carbocycles. The maximum atomic E-state index is 12.7. The molecule has 1 heterocycles. The number of amides is 1. The molecule has 0 bridgehead atoms. The summed E-state index contributed by atoms with van der Waals surface area (Å²) >= 11 is 4.22. The van der Waals surface area contributed by atoms with E-state index in [1.807, 2.05) is 73.7 Å². The molecular weight excluding hydrogens is 408 g/mol. The molecule has 3 rings (SSSR count). The fourth-order valence-electron chi connectivity index (χ4n) is 2.84.